The van der Waals surface area contributed by atoms with Gasteiger partial charge in [-0.2, -0.15) is 8.78 Å². The molecule has 4 rings (SSSR count). The van der Waals surface area contributed by atoms with E-state index in [0.29, 0.717) is 24.2 Å². The van der Waals surface area contributed by atoms with Crippen molar-refractivity contribution in [3.05, 3.63) is 94.8 Å². The van der Waals surface area contributed by atoms with E-state index in [4.69, 9.17) is 4.74 Å². The Bertz CT molecular complexity index is 1070. The number of ether oxygens (including phenoxy) is 1. The first-order valence-electron chi connectivity index (χ1n) is 15.0. The highest BCUT2D eigenvalue weighted by Crippen LogP contribution is 2.40. The topological polar surface area (TPSA) is 9.23 Å². The smallest absolute Gasteiger partial charge is 0.316 e. The molecule has 2 fully saturated rings. The Kier molecular flexibility index (Phi) is 10.9. The van der Waals surface area contributed by atoms with Gasteiger partial charge in [-0.1, -0.05) is 54.6 Å². The van der Waals surface area contributed by atoms with E-state index in [9.17, 15) is 13.2 Å². The summed E-state index contributed by atoms with van der Waals surface area (Å²) in [4.78, 5) is 0. The van der Waals surface area contributed by atoms with Gasteiger partial charge in [0.2, 0.25) is 0 Å². The highest BCUT2D eigenvalue weighted by atomic mass is 19.3. The summed E-state index contributed by atoms with van der Waals surface area (Å²) in [5.41, 5.74) is 2.44. The molecular weight excluding hydrogens is 493 g/mol. The average molecular weight is 539 g/mol. The second kappa shape index (κ2) is 14.3. The Morgan fingerprint density at radius 1 is 0.821 bits per heavy atom. The number of rotatable bonds is 11. The molecule has 39 heavy (non-hydrogen) atoms. The van der Waals surface area contributed by atoms with Crippen molar-refractivity contribution in [3.8, 4) is 0 Å². The third kappa shape index (κ3) is 8.33. The van der Waals surface area contributed by atoms with E-state index >= 15 is 0 Å². The Morgan fingerprint density at radius 3 is 2.10 bits per heavy atom. The molecule has 0 N–H and O–H groups in total. The van der Waals surface area contributed by atoms with Crippen molar-refractivity contribution in [2.75, 3.05) is 6.61 Å². The van der Waals surface area contributed by atoms with E-state index in [1.807, 2.05) is 19.1 Å². The molecule has 0 atom stereocenters. The molecule has 212 valence electrons. The minimum absolute atomic E-state index is 0.167. The van der Waals surface area contributed by atoms with Crippen LogP contribution in [0.15, 0.2) is 66.8 Å². The molecule has 0 saturated heterocycles. The summed E-state index contributed by atoms with van der Waals surface area (Å²) in [7, 11) is 0. The van der Waals surface area contributed by atoms with Crippen LogP contribution in [0.3, 0.4) is 0 Å². The third-order valence-corrected chi connectivity index (χ3v) is 8.96. The fourth-order valence-corrected chi connectivity index (χ4v) is 6.55. The van der Waals surface area contributed by atoms with Gasteiger partial charge < -0.3 is 4.74 Å². The average Bonchev–Trinajstić information content (AvgIpc) is 2.94. The highest BCUT2D eigenvalue weighted by Gasteiger charge is 2.36. The highest BCUT2D eigenvalue weighted by molar-refractivity contribution is 5.30. The lowest BCUT2D eigenvalue weighted by Crippen LogP contribution is -2.22. The molecule has 2 aromatic rings. The van der Waals surface area contributed by atoms with Crippen molar-refractivity contribution in [2.24, 2.45) is 11.8 Å². The standard InChI is InChI=1S/C35H45F3O/c1-3-5-6-8-27-11-19-31(20-12-27)32-21-22-33(34(36)25-32)35(37,38)39-24-23-28-13-17-30(18-14-28)29-15-9-26(7-4-2)10-16-29/h3-5,7,13-14,17-18,21-22,25-27,29,31H,6,8-12,15-16,19-20,23-24H2,1-2H3/b5-3+,7-4+. The van der Waals surface area contributed by atoms with Crippen LogP contribution in [0, 0.1) is 17.7 Å². The SMILES string of the molecule is C/C=C/CCC1CCC(c2ccc(C(F)(F)OCCc3ccc(C4CCC(/C=C/C)CC4)cc3)c(F)c2)CC1. The Morgan fingerprint density at radius 2 is 1.46 bits per heavy atom. The molecule has 0 radical (unpaired) electrons. The van der Waals surface area contributed by atoms with Gasteiger partial charge in [-0.25, -0.2) is 4.39 Å². The minimum Gasteiger partial charge on any atom is -0.316 e. The van der Waals surface area contributed by atoms with Crippen molar-refractivity contribution in [3.63, 3.8) is 0 Å². The second-order valence-corrected chi connectivity index (χ2v) is 11.6. The summed E-state index contributed by atoms with van der Waals surface area (Å²) in [6.45, 7) is 3.95. The summed E-state index contributed by atoms with van der Waals surface area (Å²) in [6.07, 6.45) is 16.8. The summed E-state index contributed by atoms with van der Waals surface area (Å²) in [5.74, 6) is 1.35. The predicted octanol–water partition coefficient (Wildman–Crippen LogP) is 10.6. The van der Waals surface area contributed by atoms with Crippen LogP contribution in [0.2, 0.25) is 0 Å². The molecule has 0 bridgehead atoms. The molecular formula is C35H45F3O. The monoisotopic (exact) mass is 538 g/mol. The Balaban J connectivity index is 1.25. The number of halogens is 3. The molecule has 0 aromatic heterocycles. The summed E-state index contributed by atoms with van der Waals surface area (Å²) >= 11 is 0. The van der Waals surface area contributed by atoms with Crippen LogP contribution < -0.4 is 0 Å². The maximum absolute atomic E-state index is 14.9. The zero-order chi connectivity index (χ0) is 27.7. The molecule has 2 aliphatic rings. The molecule has 2 saturated carbocycles. The molecule has 0 heterocycles. The van der Waals surface area contributed by atoms with E-state index in [0.717, 1.165) is 43.2 Å². The lowest BCUT2D eigenvalue weighted by Gasteiger charge is -2.29. The van der Waals surface area contributed by atoms with Gasteiger partial charge in [-0.15, -0.1) is 0 Å². The minimum atomic E-state index is -3.65. The number of allylic oxidation sites excluding steroid dienone is 4. The number of benzene rings is 2. The van der Waals surface area contributed by atoms with Gasteiger partial charge in [-0.3, -0.25) is 0 Å². The van der Waals surface area contributed by atoms with Crippen molar-refractivity contribution < 1.29 is 17.9 Å². The largest absolute Gasteiger partial charge is 0.386 e. The molecule has 2 aliphatic carbocycles. The van der Waals surface area contributed by atoms with E-state index < -0.39 is 17.5 Å². The maximum Gasteiger partial charge on any atom is 0.386 e. The van der Waals surface area contributed by atoms with Crippen molar-refractivity contribution in [1.82, 2.24) is 0 Å². The first-order chi connectivity index (χ1) is 18.9. The first-order valence-corrected chi connectivity index (χ1v) is 15.0. The van der Waals surface area contributed by atoms with E-state index in [-0.39, 0.29) is 12.5 Å². The van der Waals surface area contributed by atoms with Gasteiger partial charge in [0.05, 0.1) is 12.2 Å². The van der Waals surface area contributed by atoms with Gasteiger partial charge in [0, 0.05) is 0 Å². The normalized spacial score (nSPS) is 24.5. The molecule has 1 nitrogen and oxygen atoms in total. The van der Waals surface area contributed by atoms with Crippen LogP contribution in [0.5, 0.6) is 0 Å². The zero-order valence-corrected chi connectivity index (χ0v) is 23.7. The first kappa shape index (κ1) is 29.6. The predicted molar refractivity (Wildman–Crippen MR) is 155 cm³/mol. The quantitative estimate of drug-likeness (QED) is 0.259. The fourth-order valence-electron chi connectivity index (χ4n) is 6.55. The molecule has 0 spiro atoms. The molecule has 0 aliphatic heterocycles. The van der Waals surface area contributed by atoms with Crippen LogP contribution in [0.4, 0.5) is 13.2 Å². The third-order valence-electron chi connectivity index (χ3n) is 8.96. The summed E-state index contributed by atoms with van der Waals surface area (Å²) in [6, 6.07) is 12.5. The van der Waals surface area contributed by atoms with E-state index in [1.165, 1.54) is 49.8 Å². The molecule has 0 unspecified atom stereocenters. The van der Waals surface area contributed by atoms with Gasteiger partial charge >= 0.3 is 6.11 Å². The maximum atomic E-state index is 14.9. The number of alkyl halides is 2. The lowest BCUT2D eigenvalue weighted by atomic mass is 9.77. The van der Waals surface area contributed by atoms with E-state index in [1.54, 1.807) is 6.07 Å². The van der Waals surface area contributed by atoms with Crippen molar-refractivity contribution >= 4 is 0 Å². The van der Waals surface area contributed by atoms with Crippen LogP contribution in [-0.4, -0.2) is 6.61 Å². The van der Waals surface area contributed by atoms with Crippen LogP contribution in [-0.2, 0) is 17.3 Å². The number of hydrogen-bond acceptors (Lipinski definition) is 1. The Labute approximate surface area is 233 Å². The van der Waals surface area contributed by atoms with Crippen LogP contribution in [0.25, 0.3) is 0 Å². The van der Waals surface area contributed by atoms with Gasteiger partial charge in [0.25, 0.3) is 0 Å². The lowest BCUT2D eigenvalue weighted by molar-refractivity contribution is -0.249. The van der Waals surface area contributed by atoms with Gasteiger partial charge in [0.15, 0.2) is 0 Å². The summed E-state index contributed by atoms with van der Waals surface area (Å²) < 4.78 is 49.4. The zero-order valence-electron chi connectivity index (χ0n) is 23.7. The number of hydrogen-bond donors (Lipinski definition) is 0. The van der Waals surface area contributed by atoms with Gasteiger partial charge in [0.1, 0.15) is 5.82 Å². The molecule has 2 aromatic carbocycles. The van der Waals surface area contributed by atoms with Crippen LogP contribution in [0.1, 0.15) is 112 Å². The van der Waals surface area contributed by atoms with Crippen LogP contribution >= 0.6 is 0 Å². The van der Waals surface area contributed by atoms with Crippen molar-refractivity contribution in [1.29, 1.82) is 0 Å². The molecule has 0 amide bonds. The van der Waals surface area contributed by atoms with E-state index in [2.05, 4.69) is 43.4 Å². The molecule has 4 heteroatoms. The summed E-state index contributed by atoms with van der Waals surface area (Å²) in [5, 5.41) is 0. The second-order valence-electron chi connectivity index (χ2n) is 11.6. The fraction of sp³-hybridized carbons (Fsp3) is 0.543. The van der Waals surface area contributed by atoms with Crippen molar-refractivity contribution in [2.45, 2.75) is 102 Å². The van der Waals surface area contributed by atoms with Gasteiger partial charge in [-0.05, 0) is 137 Å². The Hall–Kier alpha value is -2.33.